The largest absolute Gasteiger partial charge is 0.510 e. The fraction of sp³-hybridized carbons (Fsp3) is 0.643. The number of hydrogen-bond acceptors (Lipinski definition) is 5. The Kier molecular flexibility index (Phi) is 4.50. The van der Waals surface area contributed by atoms with Crippen LogP contribution in [0.15, 0.2) is 11.3 Å². The first-order valence-corrected chi connectivity index (χ1v) is 6.33. The Morgan fingerprint density at radius 3 is 2.47 bits per heavy atom. The van der Waals surface area contributed by atoms with Gasteiger partial charge in [-0.3, -0.25) is 14.4 Å². The Morgan fingerprint density at radius 2 is 2.00 bits per heavy atom. The number of ether oxygens (including phenoxy) is 1. The molecule has 0 bridgehead atoms. The van der Waals surface area contributed by atoms with E-state index in [1.54, 1.807) is 13.8 Å². The molecule has 1 atom stereocenters. The van der Waals surface area contributed by atoms with Gasteiger partial charge in [-0.15, -0.1) is 0 Å². The SMILES string of the molecule is CCCC(=O)C1=C(O)[C@H](C(=O)OC)C(C)(C)CC1=O. The second-order valence-corrected chi connectivity index (χ2v) is 5.48. The van der Waals surface area contributed by atoms with Gasteiger partial charge in [-0.05, 0) is 11.8 Å². The topological polar surface area (TPSA) is 80.7 Å². The number of aliphatic hydroxyl groups excluding tert-OH is 1. The molecular weight excluding hydrogens is 248 g/mol. The lowest BCUT2D eigenvalue weighted by atomic mass is 9.67. The number of Topliss-reactive ketones (excluding diaryl/α,β-unsaturated/α-hetero) is 2. The summed E-state index contributed by atoms with van der Waals surface area (Å²) in [6.07, 6.45) is 0.802. The van der Waals surface area contributed by atoms with E-state index in [1.807, 2.05) is 6.92 Å². The summed E-state index contributed by atoms with van der Waals surface area (Å²) < 4.78 is 4.66. The first kappa shape index (κ1) is 15.4. The smallest absolute Gasteiger partial charge is 0.316 e. The maximum absolute atomic E-state index is 12.0. The Labute approximate surface area is 112 Å². The van der Waals surface area contributed by atoms with Crippen molar-refractivity contribution in [2.45, 2.75) is 40.0 Å². The number of aliphatic hydroxyl groups is 1. The summed E-state index contributed by atoms with van der Waals surface area (Å²) in [4.78, 5) is 35.7. The molecule has 1 N–H and O–H groups in total. The van der Waals surface area contributed by atoms with Crippen molar-refractivity contribution in [2.75, 3.05) is 7.11 Å². The Morgan fingerprint density at radius 1 is 1.42 bits per heavy atom. The van der Waals surface area contributed by atoms with Crippen LogP contribution in [0.5, 0.6) is 0 Å². The van der Waals surface area contributed by atoms with Gasteiger partial charge in [-0.25, -0.2) is 0 Å². The molecule has 0 amide bonds. The van der Waals surface area contributed by atoms with E-state index in [9.17, 15) is 19.5 Å². The molecule has 0 unspecified atom stereocenters. The van der Waals surface area contributed by atoms with Gasteiger partial charge in [0.25, 0.3) is 0 Å². The number of carbonyl (C=O) groups excluding carboxylic acids is 3. The Bertz CT molecular complexity index is 445. The number of carbonyl (C=O) groups is 3. The third-order valence-corrected chi connectivity index (χ3v) is 3.40. The van der Waals surface area contributed by atoms with Crippen molar-refractivity contribution in [3.05, 3.63) is 11.3 Å². The molecular formula is C14H20O5. The molecule has 1 aliphatic carbocycles. The molecule has 106 valence electrons. The highest BCUT2D eigenvalue weighted by atomic mass is 16.5. The standard InChI is InChI=1S/C14H20O5/c1-5-6-8(15)10-9(16)7-14(2,3)11(12(10)17)13(18)19-4/h11,17H,5-7H2,1-4H3/t11-/m1/s1. The minimum atomic E-state index is -0.967. The van der Waals surface area contributed by atoms with Gasteiger partial charge in [-0.1, -0.05) is 20.8 Å². The van der Waals surface area contributed by atoms with Gasteiger partial charge in [0.2, 0.25) is 0 Å². The first-order valence-electron chi connectivity index (χ1n) is 6.33. The zero-order valence-electron chi connectivity index (χ0n) is 11.8. The van der Waals surface area contributed by atoms with E-state index in [-0.39, 0.29) is 18.4 Å². The van der Waals surface area contributed by atoms with Crippen molar-refractivity contribution < 1.29 is 24.2 Å². The van der Waals surface area contributed by atoms with E-state index in [0.717, 1.165) is 0 Å². The van der Waals surface area contributed by atoms with Gasteiger partial charge in [0, 0.05) is 12.8 Å². The average molecular weight is 268 g/mol. The zero-order chi connectivity index (χ0) is 14.8. The predicted molar refractivity (Wildman–Crippen MR) is 68.5 cm³/mol. The zero-order valence-corrected chi connectivity index (χ0v) is 11.8. The van der Waals surface area contributed by atoms with Crippen LogP contribution in [0.4, 0.5) is 0 Å². The first-order chi connectivity index (χ1) is 8.76. The van der Waals surface area contributed by atoms with E-state index in [4.69, 9.17) is 0 Å². The number of esters is 1. The van der Waals surface area contributed by atoms with Crippen molar-refractivity contribution in [1.82, 2.24) is 0 Å². The van der Waals surface area contributed by atoms with Gasteiger partial charge < -0.3 is 9.84 Å². The molecule has 5 heteroatoms. The van der Waals surface area contributed by atoms with E-state index in [0.29, 0.717) is 6.42 Å². The number of methoxy groups -OCH3 is 1. The molecule has 0 aromatic carbocycles. The lowest BCUT2D eigenvalue weighted by Gasteiger charge is -2.35. The highest BCUT2D eigenvalue weighted by Gasteiger charge is 2.47. The van der Waals surface area contributed by atoms with Crippen LogP contribution in [0.3, 0.4) is 0 Å². The molecule has 19 heavy (non-hydrogen) atoms. The Balaban J connectivity index is 3.31. The van der Waals surface area contributed by atoms with Crippen LogP contribution in [-0.2, 0) is 19.1 Å². The van der Waals surface area contributed by atoms with Crippen LogP contribution in [0.1, 0.15) is 40.0 Å². The fourth-order valence-electron chi connectivity index (χ4n) is 2.46. The summed E-state index contributed by atoms with van der Waals surface area (Å²) in [7, 11) is 1.22. The predicted octanol–water partition coefficient (Wildman–Crippen LogP) is 1.96. The molecule has 1 aliphatic rings. The summed E-state index contributed by atoms with van der Waals surface area (Å²) in [5.74, 6) is -2.84. The minimum absolute atomic E-state index is 0.0433. The third-order valence-electron chi connectivity index (χ3n) is 3.40. The number of ketones is 2. The highest BCUT2D eigenvalue weighted by Crippen LogP contribution is 2.42. The van der Waals surface area contributed by atoms with E-state index < -0.39 is 34.6 Å². The van der Waals surface area contributed by atoms with Crippen LogP contribution in [0.25, 0.3) is 0 Å². The number of hydrogen-bond donors (Lipinski definition) is 1. The van der Waals surface area contributed by atoms with E-state index >= 15 is 0 Å². The Hall–Kier alpha value is -1.65. The van der Waals surface area contributed by atoms with Crippen LogP contribution in [-0.4, -0.2) is 29.8 Å². The molecule has 0 aliphatic heterocycles. The van der Waals surface area contributed by atoms with Gasteiger partial charge in [0.15, 0.2) is 11.6 Å². The van der Waals surface area contributed by atoms with Gasteiger partial charge in [0.05, 0.1) is 12.7 Å². The van der Waals surface area contributed by atoms with Crippen molar-refractivity contribution in [3.8, 4) is 0 Å². The van der Waals surface area contributed by atoms with Gasteiger partial charge >= 0.3 is 5.97 Å². The van der Waals surface area contributed by atoms with Crippen molar-refractivity contribution in [1.29, 1.82) is 0 Å². The molecule has 0 heterocycles. The van der Waals surface area contributed by atoms with Gasteiger partial charge in [0.1, 0.15) is 11.7 Å². The monoisotopic (exact) mass is 268 g/mol. The summed E-state index contributed by atoms with van der Waals surface area (Å²) in [5.41, 5.74) is -0.985. The maximum Gasteiger partial charge on any atom is 0.316 e. The quantitative estimate of drug-likeness (QED) is 0.622. The molecule has 1 rings (SSSR count). The summed E-state index contributed by atoms with van der Waals surface area (Å²) in [6.45, 7) is 5.21. The molecule has 0 spiro atoms. The molecule has 0 aromatic rings. The van der Waals surface area contributed by atoms with Crippen LogP contribution in [0.2, 0.25) is 0 Å². The van der Waals surface area contributed by atoms with Crippen molar-refractivity contribution in [2.24, 2.45) is 11.3 Å². The summed E-state index contributed by atoms with van der Waals surface area (Å²) in [6, 6.07) is 0. The molecule has 0 fully saturated rings. The minimum Gasteiger partial charge on any atom is -0.510 e. The lowest BCUT2D eigenvalue weighted by Crippen LogP contribution is -2.41. The van der Waals surface area contributed by atoms with E-state index in [2.05, 4.69) is 4.74 Å². The molecule has 0 radical (unpaired) electrons. The fourth-order valence-corrected chi connectivity index (χ4v) is 2.46. The average Bonchev–Trinajstić information content (AvgIpc) is 2.26. The molecule has 0 aromatic heterocycles. The normalized spacial score (nSPS) is 22.3. The number of rotatable bonds is 4. The molecule has 5 nitrogen and oxygen atoms in total. The number of allylic oxidation sites excluding steroid dienone is 1. The van der Waals surface area contributed by atoms with Crippen LogP contribution in [0, 0.1) is 11.3 Å². The van der Waals surface area contributed by atoms with E-state index in [1.165, 1.54) is 7.11 Å². The maximum atomic E-state index is 12.0. The highest BCUT2D eigenvalue weighted by molar-refractivity contribution is 6.21. The van der Waals surface area contributed by atoms with Crippen molar-refractivity contribution in [3.63, 3.8) is 0 Å². The second-order valence-electron chi connectivity index (χ2n) is 5.48. The summed E-state index contributed by atoms with van der Waals surface area (Å²) in [5, 5.41) is 10.2. The second kappa shape index (κ2) is 5.55. The van der Waals surface area contributed by atoms with Crippen LogP contribution >= 0.6 is 0 Å². The third kappa shape index (κ3) is 2.85. The van der Waals surface area contributed by atoms with Crippen molar-refractivity contribution >= 4 is 17.5 Å². The molecule has 0 saturated carbocycles. The lowest BCUT2D eigenvalue weighted by molar-refractivity contribution is -0.150. The summed E-state index contributed by atoms with van der Waals surface area (Å²) >= 11 is 0. The van der Waals surface area contributed by atoms with Gasteiger partial charge in [-0.2, -0.15) is 0 Å². The van der Waals surface area contributed by atoms with Crippen LogP contribution < -0.4 is 0 Å². The molecule has 0 saturated heterocycles.